The number of benzene rings is 1. The van der Waals surface area contributed by atoms with Gasteiger partial charge in [-0.3, -0.25) is 9.59 Å². The highest BCUT2D eigenvalue weighted by atomic mass is 16.5. The number of nitrogens with zero attached hydrogens (tertiary/aromatic N) is 1. The molecule has 5 heteroatoms. The van der Waals surface area contributed by atoms with Crippen molar-refractivity contribution in [1.29, 1.82) is 0 Å². The smallest absolute Gasteiger partial charge is 0.312 e. The Bertz CT molecular complexity index is 852. The highest BCUT2D eigenvalue weighted by molar-refractivity contribution is 5.83. The molecule has 0 spiro atoms. The Balaban J connectivity index is 2.41. The maximum Gasteiger partial charge on any atom is 0.312 e. The Labute approximate surface area is 147 Å². The minimum Gasteiger partial charge on any atom is -0.481 e. The lowest BCUT2D eigenvalue weighted by Gasteiger charge is -2.15. The van der Waals surface area contributed by atoms with Crippen LogP contribution in [0.2, 0.25) is 0 Å². The lowest BCUT2D eigenvalue weighted by molar-refractivity contribution is -0.146. The molecule has 0 fully saturated rings. The molecular formula is C20H23NO4. The van der Waals surface area contributed by atoms with Crippen LogP contribution in [0.3, 0.4) is 0 Å². The first kappa shape index (κ1) is 18.6. The van der Waals surface area contributed by atoms with Crippen molar-refractivity contribution in [2.24, 2.45) is 5.41 Å². The van der Waals surface area contributed by atoms with Gasteiger partial charge in [-0.05, 0) is 51.0 Å². The fourth-order valence-corrected chi connectivity index (χ4v) is 2.50. The van der Waals surface area contributed by atoms with Gasteiger partial charge in [0, 0.05) is 12.3 Å². The number of carbonyl (C=O) groups excluding carboxylic acids is 1. The molecule has 0 amide bonds. The van der Waals surface area contributed by atoms with Gasteiger partial charge in [-0.25, -0.2) is 4.98 Å². The first-order valence-electron chi connectivity index (χ1n) is 8.11. The van der Waals surface area contributed by atoms with Crippen molar-refractivity contribution in [2.75, 3.05) is 0 Å². The molecule has 2 rings (SSSR count). The van der Waals surface area contributed by atoms with E-state index < -0.39 is 17.5 Å². The number of fused-ring (bicyclic) bond motifs is 1. The molecule has 0 aliphatic heterocycles. The molecule has 1 heterocycles. The average Bonchev–Trinajstić information content (AvgIpc) is 2.51. The van der Waals surface area contributed by atoms with Crippen LogP contribution in [0.25, 0.3) is 17.0 Å². The number of carboxylic acid groups (broad SMARTS) is 1. The normalized spacial score (nSPS) is 13.2. The summed E-state index contributed by atoms with van der Waals surface area (Å²) in [4.78, 5) is 27.0. The van der Waals surface area contributed by atoms with Gasteiger partial charge < -0.3 is 9.84 Å². The zero-order valence-electron chi connectivity index (χ0n) is 15.2. The predicted molar refractivity (Wildman–Crippen MR) is 97.1 cm³/mol. The van der Waals surface area contributed by atoms with Crippen LogP contribution >= 0.6 is 0 Å². The summed E-state index contributed by atoms with van der Waals surface area (Å²) < 4.78 is 5.23. The van der Waals surface area contributed by atoms with E-state index in [1.807, 2.05) is 31.2 Å². The molecule has 0 aliphatic rings. The first-order valence-corrected chi connectivity index (χ1v) is 8.11. The minimum absolute atomic E-state index is 0.346. The van der Waals surface area contributed by atoms with Crippen molar-refractivity contribution < 1.29 is 19.4 Å². The van der Waals surface area contributed by atoms with E-state index in [2.05, 4.69) is 4.98 Å². The van der Waals surface area contributed by atoms with Crippen LogP contribution in [-0.2, 0) is 14.3 Å². The van der Waals surface area contributed by atoms with Crippen molar-refractivity contribution in [2.45, 2.75) is 40.7 Å². The number of rotatable bonds is 5. The number of esters is 1. The number of aliphatic carboxylic acids is 1. The second kappa shape index (κ2) is 7.05. The molecule has 1 N–H and O–H groups in total. The summed E-state index contributed by atoms with van der Waals surface area (Å²) in [5, 5.41) is 10.2. The zero-order chi connectivity index (χ0) is 18.8. The first-order chi connectivity index (χ1) is 11.6. The van der Waals surface area contributed by atoms with E-state index in [4.69, 9.17) is 4.74 Å². The number of aromatic nitrogens is 1. The summed E-state index contributed by atoms with van der Waals surface area (Å²) in [5.74, 6) is -1.22. The average molecular weight is 341 g/mol. The summed E-state index contributed by atoms with van der Waals surface area (Å²) in [5.41, 5.74) is 2.37. The Morgan fingerprint density at radius 2 is 1.96 bits per heavy atom. The Kier molecular flexibility index (Phi) is 5.26. The molecule has 0 saturated heterocycles. The molecule has 0 aliphatic carbocycles. The minimum atomic E-state index is -0.940. The van der Waals surface area contributed by atoms with Gasteiger partial charge in [0.2, 0.25) is 0 Å². The van der Waals surface area contributed by atoms with Crippen LogP contribution in [0.4, 0.5) is 0 Å². The Hall–Kier alpha value is -2.69. The van der Waals surface area contributed by atoms with Gasteiger partial charge in [0.15, 0.2) is 0 Å². The van der Waals surface area contributed by atoms with Gasteiger partial charge in [-0.2, -0.15) is 0 Å². The van der Waals surface area contributed by atoms with Crippen LogP contribution in [0.5, 0.6) is 0 Å². The quantitative estimate of drug-likeness (QED) is 0.821. The topological polar surface area (TPSA) is 76.5 Å². The highest BCUT2D eigenvalue weighted by Gasteiger charge is 2.23. The lowest BCUT2D eigenvalue weighted by Crippen LogP contribution is -2.20. The van der Waals surface area contributed by atoms with Gasteiger partial charge in [0.05, 0.1) is 16.6 Å². The summed E-state index contributed by atoms with van der Waals surface area (Å²) in [6, 6.07) is 7.77. The largest absolute Gasteiger partial charge is 0.481 e. The molecule has 1 aromatic carbocycles. The number of hydrogen-bond acceptors (Lipinski definition) is 4. The van der Waals surface area contributed by atoms with E-state index in [9.17, 15) is 14.7 Å². The Morgan fingerprint density at radius 3 is 2.56 bits per heavy atom. The highest BCUT2D eigenvalue weighted by Crippen LogP contribution is 2.25. The monoisotopic (exact) mass is 341 g/mol. The van der Waals surface area contributed by atoms with Crippen molar-refractivity contribution in [3.05, 3.63) is 47.2 Å². The van der Waals surface area contributed by atoms with Crippen molar-refractivity contribution in [1.82, 2.24) is 4.98 Å². The van der Waals surface area contributed by atoms with E-state index in [0.29, 0.717) is 0 Å². The SMILES string of the molecule is CC(=O)O[C@H](C)c1nc2cc(C=CC(C)(C)C(=O)O)ccc2cc1C. The number of aryl methyl sites for hydroxylation is 1. The lowest BCUT2D eigenvalue weighted by atomic mass is 9.92. The number of ether oxygens (including phenoxy) is 1. The Morgan fingerprint density at radius 1 is 1.28 bits per heavy atom. The molecule has 132 valence electrons. The van der Waals surface area contributed by atoms with Gasteiger partial charge in [0.1, 0.15) is 6.10 Å². The number of pyridine rings is 1. The number of carboxylic acids is 1. The fraction of sp³-hybridized carbons (Fsp3) is 0.350. The number of hydrogen-bond donors (Lipinski definition) is 1. The van der Waals surface area contributed by atoms with Gasteiger partial charge in [-0.15, -0.1) is 0 Å². The maximum atomic E-state index is 11.2. The van der Waals surface area contributed by atoms with Crippen molar-refractivity contribution >= 4 is 28.9 Å². The predicted octanol–water partition coefficient (Wildman–Crippen LogP) is 4.29. The third kappa shape index (κ3) is 4.44. The van der Waals surface area contributed by atoms with Gasteiger partial charge in [0.25, 0.3) is 0 Å². The van der Waals surface area contributed by atoms with Crippen LogP contribution in [-0.4, -0.2) is 22.0 Å². The molecule has 5 nitrogen and oxygen atoms in total. The molecule has 0 unspecified atom stereocenters. The van der Waals surface area contributed by atoms with Crippen molar-refractivity contribution in [3.8, 4) is 0 Å². The van der Waals surface area contributed by atoms with E-state index in [0.717, 1.165) is 27.7 Å². The molecule has 2 aromatic rings. The van der Waals surface area contributed by atoms with E-state index >= 15 is 0 Å². The summed E-state index contributed by atoms with van der Waals surface area (Å²) in [6.45, 7) is 8.40. The third-order valence-electron chi connectivity index (χ3n) is 4.04. The van der Waals surface area contributed by atoms with E-state index in [-0.39, 0.29) is 5.97 Å². The fourth-order valence-electron chi connectivity index (χ4n) is 2.50. The molecule has 0 radical (unpaired) electrons. The van der Waals surface area contributed by atoms with Crippen LogP contribution in [0.1, 0.15) is 50.6 Å². The standard InChI is InChI=1S/C20H23NO4/c1-12-10-16-7-6-15(8-9-20(4,5)19(23)24)11-17(16)21-18(12)13(2)25-14(3)22/h6-11,13H,1-5H3,(H,23,24)/t13-/m1/s1. The van der Waals surface area contributed by atoms with E-state index in [1.165, 1.54) is 6.92 Å². The zero-order valence-corrected chi connectivity index (χ0v) is 15.2. The second-order valence-corrected chi connectivity index (χ2v) is 6.75. The molecule has 25 heavy (non-hydrogen) atoms. The van der Waals surface area contributed by atoms with Gasteiger partial charge >= 0.3 is 11.9 Å². The molecule has 0 saturated carbocycles. The maximum absolute atomic E-state index is 11.2. The number of carbonyl (C=O) groups is 2. The van der Waals surface area contributed by atoms with Crippen molar-refractivity contribution in [3.63, 3.8) is 0 Å². The van der Waals surface area contributed by atoms with Crippen LogP contribution in [0.15, 0.2) is 30.3 Å². The second-order valence-electron chi connectivity index (χ2n) is 6.75. The summed E-state index contributed by atoms with van der Waals surface area (Å²) in [7, 11) is 0. The van der Waals surface area contributed by atoms with Crippen LogP contribution < -0.4 is 0 Å². The van der Waals surface area contributed by atoms with Gasteiger partial charge in [-0.1, -0.05) is 24.3 Å². The third-order valence-corrected chi connectivity index (χ3v) is 4.04. The molecular weight excluding hydrogens is 318 g/mol. The molecule has 1 atom stereocenters. The van der Waals surface area contributed by atoms with Crippen LogP contribution in [0, 0.1) is 12.3 Å². The molecule has 1 aromatic heterocycles. The summed E-state index contributed by atoms with van der Waals surface area (Å²) >= 11 is 0. The summed E-state index contributed by atoms with van der Waals surface area (Å²) in [6.07, 6.45) is 3.02. The molecule has 0 bridgehead atoms. The van der Waals surface area contributed by atoms with E-state index in [1.54, 1.807) is 32.9 Å².